The van der Waals surface area contributed by atoms with Gasteiger partial charge in [-0.2, -0.15) is 0 Å². The summed E-state index contributed by atoms with van der Waals surface area (Å²) in [5.74, 6) is -0.225. The molecule has 0 aliphatic heterocycles. The number of nitrogens with zero attached hydrogens (tertiary/aromatic N) is 1. The van der Waals surface area contributed by atoms with Gasteiger partial charge in [0.15, 0.2) is 0 Å². The molecule has 1 unspecified atom stereocenters. The van der Waals surface area contributed by atoms with Crippen LogP contribution in [-0.4, -0.2) is 10.8 Å². The van der Waals surface area contributed by atoms with Gasteiger partial charge in [-0.1, -0.05) is 43.7 Å². The molecule has 0 aromatic heterocycles. The molecule has 0 bridgehead atoms. The molecule has 5 nitrogen and oxygen atoms in total. The van der Waals surface area contributed by atoms with Crippen molar-refractivity contribution in [3.8, 4) is 0 Å². The molecule has 2 aromatic carbocycles. The van der Waals surface area contributed by atoms with Crippen molar-refractivity contribution in [1.82, 2.24) is 5.32 Å². The van der Waals surface area contributed by atoms with Crippen LogP contribution in [0.25, 0.3) is 0 Å². The van der Waals surface area contributed by atoms with Crippen LogP contribution in [0.2, 0.25) is 0 Å². The third-order valence-corrected chi connectivity index (χ3v) is 3.42. The van der Waals surface area contributed by atoms with Gasteiger partial charge < -0.3 is 5.32 Å². The molecule has 0 saturated carbocycles. The first kappa shape index (κ1) is 15.7. The molecule has 1 atom stereocenters. The highest BCUT2D eigenvalue weighted by Crippen LogP contribution is 2.19. The fourth-order valence-electron chi connectivity index (χ4n) is 2.27. The highest BCUT2D eigenvalue weighted by molar-refractivity contribution is 5.94. The van der Waals surface area contributed by atoms with E-state index in [2.05, 4.69) is 12.2 Å². The molecule has 0 heterocycles. The second-order valence-electron chi connectivity index (χ2n) is 5.03. The number of rotatable bonds is 6. The number of amides is 1. The summed E-state index contributed by atoms with van der Waals surface area (Å²) in [6.45, 7) is 2.06. The van der Waals surface area contributed by atoms with E-state index in [0.717, 1.165) is 18.4 Å². The monoisotopic (exact) mass is 298 g/mol. The normalized spacial score (nSPS) is 11.7. The van der Waals surface area contributed by atoms with Crippen LogP contribution < -0.4 is 5.32 Å². The van der Waals surface area contributed by atoms with Crippen LogP contribution in [0.3, 0.4) is 0 Å². The number of carbonyl (C=O) groups is 1. The van der Waals surface area contributed by atoms with Gasteiger partial charge in [0, 0.05) is 17.7 Å². The quantitative estimate of drug-likeness (QED) is 0.650. The Labute approximate surface area is 129 Å². The highest BCUT2D eigenvalue weighted by atomic mass is 16.6. The predicted molar refractivity (Wildman–Crippen MR) is 84.7 cm³/mol. The van der Waals surface area contributed by atoms with Crippen molar-refractivity contribution in [3.05, 3.63) is 75.8 Å². The maximum absolute atomic E-state index is 12.3. The molecule has 0 fully saturated rings. The molecule has 0 aliphatic rings. The largest absolute Gasteiger partial charge is 0.345 e. The fourth-order valence-corrected chi connectivity index (χ4v) is 2.27. The van der Waals surface area contributed by atoms with Crippen molar-refractivity contribution in [2.75, 3.05) is 0 Å². The van der Waals surface area contributed by atoms with E-state index >= 15 is 0 Å². The van der Waals surface area contributed by atoms with E-state index in [0.29, 0.717) is 5.56 Å². The molecule has 2 rings (SSSR count). The van der Waals surface area contributed by atoms with E-state index in [1.54, 1.807) is 0 Å². The smallest absolute Gasteiger partial charge is 0.269 e. The van der Waals surface area contributed by atoms with E-state index in [1.807, 2.05) is 30.3 Å². The summed E-state index contributed by atoms with van der Waals surface area (Å²) < 4.78 is 0. The van der Waals surface area contributed by atoms with E-state index in [-0.39, 0.29) is 17.6 Å². The van der Waals surface area contributed by atoms with Gasteiger partial charge in [0.25, 0.3) is 11.6 Å². The summed E-state index contributed by atoms with van der Waals surface area (Å²) in [5, 5.41) is 13.6. The summed E-state index contributed by atoms with van der Waals surface area (Å²) in [5.41, 5.74) is 1.45. The molecule has 0 aliphatic carbocycles. The van der Waals surface area contributed by atoms with Gasteiger partial charge in [-0.3, -0.25) is 14.9 Å². The van der Waals surface area contributed by atoms with Crippen LogP contribution in [0.5, 0.6) is 0 Å². The Balaban J connectivity index is 2.12. The molecule has 22 heavy (non-hydrogen) atoms. The lowest BCUT2D eigenvalue weighted by Crippen LogP contribution is -2.28. The molecule has 5 heteroatoms. The van der Waals surface area contributed by atoms with E-state index in [4.69, 9.17) is 0 Å². The van der Waals surface area contributed by atoms with Crippen molar-refractivity contribution in [1.29, 1.82) is 0 Å². The minimum Gasteiger partial charge on any atom is -0.345 e. The van der Waals surface area contributed by atoms with E-state index < -0.39 is 4.92 Å². The van der Waals surface area contributed by atoms with Crippen molar-refractivity contribution in [2.24, 2.45) is 0 Å². The Morgan fingerprint density at radius 3 is 2.32 bits per heavy atom. The number of hydrogen-bond acceptors (Lipinski definition) is 3. The summed E-state index contributed by atoms with van der Waals surface area (Å²) in [7, 11) is 0. The number of benzene rings is 2. The molecule has 114 valence electrons. The Hall–Kier alpha value is -2.69. The van der Waals surface area contributed by atoms with Gasteiger partial charge in [0.2, 0.25) is 0 Å². The standard InChI is InChI=1S/C17H18N2O3/c1-2-6-16(13-7-4-3-5-8-13)18-17(20)14-9-11-15(12-10-14)19(21)22/h3-5,7-12,16H,2,6H2,1H3,(H,18,20). The number of nitro groups is 1. The van der Waals surface area contributed by atoms with Crippen LogP contribution in [0.4, 0.5) is 5.69 Å². The Morgan fingerprint density at radius 2 is 1.77 bits per heavy atom. The molecule has 0 spiro atoms. The zero-order valence-corrected chi connectivity index (χ0v) is 12.4. The predicted octanol–water partition coefficient (Wildman–Crippen LogP) is 3.87. The molecule has 0 radical (unpaired) electrons. The minimum absolute atomic E-state index is 0.0234. The Morgan fingerprint density at radius 1 is 1.14 bits per heavy atom. The number of nitro benzene ring substituents is 1. The molecule has 1 amide bonds. The fraction of sp³-hybridized carbons (Fsp3) is 0.235. The second-order valence-corrected chi connectivity index (χ2v) is 5.03. The third-order valence-electron chi connectivity index (χ3n) is 3.42. The average molecular weight is 298 g/mol. The minimum atomic E-state index is -0.481. The lowest BCUT2D eigenvalue weighted by molar-refractivity contribution is -0.384. The zero-order valence-electron chi connectivity index (χ0n) is 12.4. The van der Waals surface area contributed by atoms with Crippen LogP contribution in [0.15, 0.2) is 54.6 Å². The lowest BCUT2D eigenvalue weighted by Gasteiger charge is -2.18. The van der Waals surface area contributed by atoms with Gasteiger partial charge in [0.1, 0.15) is 0 Å². The highest BCUT2D eigenvalue weighted by Gasteiger charge is 2.15. The Kier molecular flexibility index (Phi) is 5.25. The second kappa shape index (κ2) is 7.36. The van der Waals surface area contributed by atoms with Gasteiger partial charge in [-0.05, 0) is 24.1 Å². The van der Waals surface area contributed by atoms with Crippen LogP contribution in [-0.2, 0) is 0 Å². The molecular formula is C17H18N2O3. The topological polar surface area (TPSA) is 72.2 Å². The van der Waals surface area contributed by atoms with E-state index in [9.17, 15) is 14.9 Å². The number of non-ortho nitro benzene ring substituents is 1. The molecular weight excluding hydrogens is 280 g/mol. The summed E-state index contributed by atoms with van der Waals surface area (Å²) in [6, 6.07) is 15.3. The first-order valence-corrected chi connectivity index (χ1v) is 7.22. The average Bonchev–Trinajstić information content (AvgIpc) is 2.55. The van der Waals surface area contributed by atoms with Gasteiger partial charge >= 0.3 is 0 Å². The number of hydrogen-bond donors (Lipinski definition) is 1. The van der Waals surface area contributed by atoms with Crippen LogP contribution in [0, 0.1) is 10.1 Å². The van der Waals surface area contributed by atoms with Gasteiger partial charge in [0.05, 0.1) is 11.0 Å². The summed E-state index contributed by atoms with van der Waals surface area (Å²) >= 11 is 0. The molecule has 0 saturated heterocycles. The third kappa shape index (κ3) is 3.91. The van der Waals surface area contributed by atoms with E-state index in [1.165, 1.54) is 24.3 Å². The zero-order chi connectivity index (χ0) is 15.9. The number of carbonyl (C=O) groups excluding carboxylic acids is 1. The van der Waals surface area contributed by atoms with Gasteiger partial charge in [-0.25, -0.2) is 0 Å². The maximum atomic E-state index is 12.3. The van der Waals surface area contributed by atoms with Crippen LogP contribution in [0.1, 0.15) is 41.7 Å². The number of nitrogens with one attached hydrogen (secondary N) is 1. The SMILES string of the molecule is CCCC(NC(=O)c1ccc([N+](=O)[O-])cc1)c1ccccc1. The lowest BCUT2D eigenvalue weighted by atomic mass is 10.0. The van der Waals surface area contributed by atoms with Crippen molar-refractivity contribution >= 4 is 11.6 Å². The van der Waals surface area contributed by atoms with Crippen molar-refractivity contribution in [3.63, 3.8) is 0 Å². The maximum Gasteiger partial charge on any atom is 0.269 e. The molecule has 1 N–H and O–H groups in total. The first-order valence-electron chi connectivity index (χ1n) is 7.22. The van der Waals surface area contributed by atoms with Crippen LogP contribution >= 0.6 is 0 Å². The first-order chi connectivity index (χ1) is 10.6. The van der Waals surface area contributed by atoms with Crippen molar-refractivity contribution in [2.45, 2.75) is 25.8 Å². The summed E-state index contributed by atoms with van der Waals surface area (Å²) in [6.07, 6.45) is 1.78. The Bertz CT molecular complexity index is 639. The van der Waals surface area contributed by atoms with Gasteiger partial charge in [-0.15, -0.1) is 0 Å². The van der Waals surface area contributed by atoms with Crippen molar-refractivity contribution < 1.29 is 9.72 Å². The molecule has 2 aromatic rings. The summed E-state index contributed by atoms with van der Waals surface area (Å²) in [4.78, 5) is 22.5.